The first kappa shape index (κ1) is 27.0. The highest BCUT2D eigenvalue weighted by molar-refractivity contribution is 5.65. The molecule has 0 spiro atoms. The minimum atomic E-state index is -0.982. The van der Waals surface area contributed by atoms with Crippen molar-refractivity contribution in [1.29, 1.82) is 0 Å². The van der Waals surface area contributed by atoms with Crippen molar-refractivity contribution in [3.05, 3.63) is 100 Å². The monoisotopic (exact) mass is 518 g/mol. The van der Waals surface area contributed by atoms with Gasteiger partial charge in [0.1, 0.15) is 24.1 Å². The van der Waals surface area contributed by atoms with Crippen molar-refractivity contribution >= 4 is 5.83 Å². The highest BCUT2D eigenvalue weighted by Gasteiger charge is 2.26. The average molecular weight is 519 g/mol. The summed E-state index contributed by atoms with van der Waals surface area (Å²) in [6, 6.07) is 12.8. The van der Waals surface area contributed by atoms with Crippen LogP contribution in [-0.2, 0) is 20.6 Å². The molecule has 0 bridgehead atoms. The summed E-state index contributed by atoms with van der Waals surface area (Å²) in [7, 11) is 1.28. The molecule has 0 unspecified atom stereocenters. The van der Waals surface area contributed by atoms with Crippen molar-refractivity contribution in [1.82, 2.24) is 0 Å². The summed E-state index contributed by atoms with van der Waals surface area (Å²) in [6.45, 7) is 1.91. The van der Waals surface area contributed by atoms with Gasteiger partial charge in [-0.2, -0.15) is 0 Å². The van der Waals surface area contributed by atoms with Gasteiger partial charge >= 0.3 is 0 Å². The topological polar surface area (TPSA) is 27.7 Å². The number of benzene rings is 3. The quantitative estimate of drug-likeness (QED) is 0.285. The summed E-state index contributed by atoms with van der Waals surface area (Å²) in [4.78, 5) is 0. The Kier molecular flexibility index (Phi) is 8.74. The molecule has 3 nitrogen and oxygen atoms in total. The number of halogens is 5. The van der Waals surface area contributed by atoms with Crippen molar-refractivity contribution < 1.29 is 36.2 Å². The molecule has 8 heteroatoms. The van der Waals surface area contributed by atoms with E-state index in [4.69, 9.17) is 9.47 Å². The standard InChI is InChI=1S/C29H27F5O3/c1-3-4-23-25(31)12-20(13-26(23)32)22-10-9-19(11-24(22)30)29-36-14-21(15-37-29)17-5-7-18(8-6-17)28(34)27(33)16-35-2/h5-13,21,29H,3-4,14-16H2,1-2H3. The summed E-state index contributed by atoms with van der Waals surface area (Å²) in [5.74, 6) is -4.16. The highest BCUT2D eigenvalue weighted by atomic mass is 19.2. The smallest absolute Gasteiger partial charge is 0.183 e. The molecule has 0 N–H and O–H groups in total. The van der Waals surface area contributed by atoms with Gasteiger partial charge in [0.25, 0.3) is 0 Å². The maximum Gasteiger partial charge on any atom is 0.183 e. The van der Waals surface area contributed by atoms with Crippen molar-refractivity contribution in [3.63, 3.8) is 0 Å². The third-order valence-electron chi connectivity index (χ3n) is 6.26. The fraction of sp³-hybridized carbons (Fsp3) is 0.310. The molecule has 0 saturated carbocycles. The number of hydrogen-bond acceptors (Lipinski definition) is 3. The Morgan fingerprint density at radius 2 is 1.49 bits per heavy atom. The van der Waals surface area contributed by atoms with Crippen LogP contribution in [-0.4, -0.2) is 26.9 Å². The van der Waals surface area contributed by atoms with E-state index < -0.39 is 42.0 Å². The van der Waals surface area contributed by atoms with Crippen LogP contribution in [0.15, 0.2) is 60.4 Å². The molecule has 0 amide bonds. The van der Waals surface area contributed by atoms with Gasteiger partial charge in [-0.25, -0.2) is 22.0 Å². The Hall–Kier alpha value is -3.07. The van der Waals surface area contributed by atoms with Gasteiger partial charge in [-0.1, -0.05) is 49.7 Å². The summed E-state index contributed by atoms with van der Waals surface area (Å²) < 4.78 is 87.6. The van der Waals surface area contributed by atoms with E-state index >= 15 is 0 Å². The van der Waals surface area contributed by atoms with E-state index in [-0.39, 0.29) is 47.8 Å². The Labute approximate surface area is 212 Å². The van der Waals surface area contributed by atoms with Crippen LogP contribution in [0.2, 0.25) is 0 Å². The van der Waals surface area contributed by atoms with Gasteiger partial charge in [0.05, 0.1) is 13.2 Å². The maximum absolute atomic E-state index is 14.9. The van der Waals surface area contributed by atoms with Gasteiger partial charge < -0.3 is 14.2 Å². The second-order valence-corrected chi connectivity index (χ2v) is 8.88. The fourth-order valence-electron chi connectivity index (χ4n) is 4.30. The zero-order valence-electron chi connectivity index (χ0n) is 20.5. The van der Waals surface area contributed by atoms with E-state index in [1.807, 2.05) is 6.92 Å². The fourth-order valence-corrected chi connectivity index (χ4v) is 4.30. The molecular weight excluding hydrogens is 491 g/mol. The van der Waals surface area contributed by atoms with Crippen LogP contribution < -0.4 is 0 Å². The van der Waals surface area contributed by atoms with Crippen molar-refractivity contribution in [2.45, 2.75) is 32.0 Å². The Morgan fingerprint density at radius 3 is 2.05 bits per heavy atom. The van der Waals surface area contributed by atoms with Crippen LogP contribution in [0, 0.1) is 17.5 Å². The lowest BCUT2D eigenvalue weighted by atomic mass is 9.97. The normalized spacial score (nSPS) is 18.6. The van der Waals surface area contributed by atoms with Gasteiger partial charge in [0.15, 0.2) is 17.9 Å². The number of methoxy groups -OCH3 is 1. The van der Waals surface area contributed by atoms with E-state index in [1.165, 1.54) is 31.4 Å². The predicted molar refractivity (Wildman–Crippen MR) is 131 cm³/mol. The first-order valence-electron chi connectivity index (χ1n) is 12.0. The molecule has 1 heterocycles. The molecule has 196 valence electrons. The molecule has 0 aromatic heterocycles. The maximum atomic E-state index is 14.9. The minimum Gasteiger partial charge on any atom is -0.377 e. The summed E-state index contributed by atoms with van der Waals surface area (Å²) in [5, 5.41) is 0. The second kappa shape index (κ2) is 12.0. The molecule has 3 aromatic carbocycles. The van der Waals surface area contributed by atoms with Crippen LogP contribution in [0.25, 0.3) is 17.0 Å². The SMILES string of the molecule is CCCc1c(F)cc(-c2ccc(C3OCC(c4ccc(C(F)=C(F)COC)cc4)CO3)cc2F)cc1F. The van der Waals surface area contributed by atoms with Gasteiger partial charge in [-0.05, 0) is 35.7 Å². The molecule has 1 aliphatic heterocycles. The molecule has 0 atom stereocenters. The summed E-state index contributed by atoms with van der Waals surface area (Å²) in [6.07, 6.45) is 0.0408. The van der Waals surface area contributed by atoms with Crippen LogP contribution in [0.3, 0.4) is 0 Å². The first-order valence-corrected chi connectivity index (χ1v) is 12.0. The van der Waals surface area contributed by atoms with E-state index in [9.17, 15) is 22.0 Å². The number of hydrogen-bond donors (Lipinski definition) is 0. The van der Waals surface area contributed by atoms with Crippen molar-refractivity contribution in [2.24, 2.45) is 0 Å². The van der Waals surface area contributed by atoms with E-state index in [2.05, 4.69) is 4.74 Å². The molecule has 1 aliphatic rings. The lowest BCUT2D eigenvalue weighted by Crippen LogP contribution is -2.25. The zero-order chi connectivity index (χ0) is 26.5. The van der Waals surface area contributed by atoms with E-state index in [1.54, 1.807) is 18.2 Å². The van der Waals surface area contributed by atoms with Crippen molar-refractivity contribution in [2.75, 3.05) is 26.9 Å². The molecule has 3 aromatic rings. The molecule has 4 rings (SSSR count). The average Bonchev–Trinajstić information content (AvgIpc) is 2.90. The number of ether oxygens (including phenoxy) is 3. The van der Waals surface area contributed by atoms with Gasteiger partial charge in [-0.3, -0.25) is 0 Å². The molecule has 1 saturated heterocycles. The number of rotatable bonds is 8. The van der Waals surface area contributed by atoms with Crippen molar-refractivity contribution in [3.8, 4) is 11.1 Å². The predicted octanol–water partition coefficient (Wildman–Crippen LogP) is 7.81. The first-order chi connectivity index (χ1) is 17.8. The molecule has 0 radical (unpaired) electrons. The third kappa shape index (κ3) is 6.09. The summed E-state index contributed by atoms with van der Waals surface area (Å²) >= 11 is 0. The van der Waals surface area contributed by atoms with Crippen LogP contribution in [0.1, 0.15) is 47.8 Å². The summed E-state index contributed by atoms with van der Waals surface area (Å²) in [5.41, 5.74) is 1.53. The molecule has 1 fully saturated rings. The van der Waals surface area contributed by atoms with Gasteiger partial charge in [0, 0.05) is 35.3 Å². The third-order valence-corrected chi connectivity index (χ3v) is 6.26. The van der Waals surface area contributed by atoms with Gasteiger partial charge in [0.2, 0.25) is 0 Å². The van der Waals surface area contributed by atoms with E-state index in [0.29, 0.717) is 12.0 Å². The van der Waals surface area contributed by atoms with Crippen LogP contribution >= 0.6 is 0 Å². The Balaban J connectivity index is 1.42. The lowest BCUT2D eigenvalue weighted by Gasteiger charge is -2.30. The highest BCUT2D eigenvalue weighted by Crippen LogP contribution is 2.34. The van der Waals surface area contributed by atoms with Crippen LogP contribution in [0.4, 0.5) is 22.0 Å². The molecular formula is C29H27F5O3. The second-order valence-electron chi connectivity index (χ2n) is 8.88. The van der Waals surface area contributed by atoms with Crippen LogP contribution in [0.5, 0.6) is 0 Å². The van der Waals surface area contributed by atoms with Gasteiger partial charge in [-0.15, -0.1) is 0 Å². The lowest BCUT2D eigenvalue weighted by molar-refractivity contribution is -0.191. The Bertz CT molecular complexity index is 1240. The zero-order valence-corrected chi connectivity index (χ0v) is 20.5. The molecule has 0 aliphatic carbocycles. The molecule has 37 heavy (non-hydrogen) atoms. The Morgan fingerprint density at radius 1 is 0.865 bits per heavy atom. The largest absolute Gasteiger partial charge is 0.377 e. The van der Waals surface area contributed by atoms with E-state index in [0.717, 1.165) is 17.7 Å². The minimum absolute atomic E-state index is 0.00339.